The van der Waals surface area contributed by atoms with Crippen molar-refractivity contribution in [2.75, 3.05) is 13.1 Å². The lowest BCUT2D eigenvalue weighted by Crippen LogP contribution is -2.23. The predicted molar refractivity (Wildman–Crippen MR) is 111 cm³/mol. The Balaban J connectivity index is 1.40. The first-order chi connectivity index (χ1) is 13.8. The molecule has 0 bridgehead atoms. The van der Waals surface area contributed by atoms with Crippen LogP contribution in [0.5, 0.6) is 5.75 Å². The normalized spacial score (nSPS) is 15.3. The summed E-state index contributed by atoms with van der Waals surface area (Å²) in [5, 5.41) is 3.45. The molecule has 5 rings (SSSR count). The molecular formula is C24H22N2O2. The van der Waals surface area contributed by atoms with Crippen molar-refractivity contribution >= 4 is 5.57 Å². The third kappa shape index (κ3) is 3.16. The molecule has 0 radical (unpaired) electrons. The molecule has 0 atom stereocenters. The molecule has 0 spiro atoms. The highest BCUT2D eigenvalue weighted by Crippen LogP contribution is 2.37. The van der Waals surface area contributed by atoms with Crippen molar-refractivity contribution in [3.05, 3.63) is 99.5 Å². The fraction of sp³-hybridized carbons (Fsp3) is 0.208. The molecule has 0 saturated carbocycles. The standard InChI is InChI=1S/C24H22N2O2/c27-24-14-21(28-16-17-4-2-1-3-5-17)9-11-26(24)20-7-6-18-12-19-15-25-10-8-22(19)23(18)13-20/h1-7,9,11,13-14,25H,8,10,12,15-16H2. The van der Waals surface area contributed by atoms with Gasteiger partial charge in [-0.2, -0.15) is 0 Å². The lowest BCUT2D eigenvalue weighted by Gasteiger charge is -2.16. The van der Waals surface area contributed by atoms with E-state index in [1.54, 1.807) is 16.8 Å². The van der Waals surface area contributed by atoms with Crippen LogP contribution >= 0.6 is 0 Å². The summed E-state index contributed by atoms with van der Waals surface area (Å²) in [5.41, 5.74) is 7.55. The number of pyridine rings is 1. The van der Waals surface area contributed by atoms with Gasteiger partial charge in [0.2, 0.25) is 0 Å². The van der Waals surface area contributed by atoms with E-state index in [1.165, 1.54) is 22.3 Å². The Morgan fingerprint density at radius 1 is 1.04 bits per heavy atom. The first-order valence-electron chi connectivity index (χ1n) is 9.73. The Kier molecular flexibility index (Phi) is 4.34. The van der Waals surface area contributed by atoms with Gasteiger partial charge in [0, 0.05) is 24.5 Å². The molecule has 2 aromatic carbocycles. The van der Waals surface area contributed by atoms with Gasteiger partial charge in [0.25, 0.3) is 5.56 Å². The smallest absolute Gasteiger partial charge is 0.258 e. The van der Waals surface area contributed by atoms with Gasteiger partial charge in [-0.15, -0.1) is 0 Å². The number of nitrogens with zero attached hydrogens (tertiary/aromatic N) is 1. The number of hydrogen-bond acceptors (Lipinski definition) is 3. The molecule has 4 nitrogen and oxygen atoms in total. The van der Waals surface area contributed by atoms with E-state index in [0.717, 1.165) is 37.2 Å². The van der Waals surface area contributed by atoms with E-state index in [2.05, 4.69) is 17.4 Å². The maximum absolute atomic E-state index is 12.7. The zero-order valence-corrected chi connectivity index (χ0v) is 15.7. The summed E-state index contributed by atoms with van der Waals surface area (Å²) in [6, 6.07) is 19.7. The highest BCUT2D eigenvalue weighted by atomic mass is 16.5. The predicted octanol–water partition coefficient (Wildman–Crippen LogP) is 3.72. The van der Waals surface area contributed by atoms with Gasteiger partial charge < -0.3 is 10.1 Å². The van der Waals surface area contributed by atoms with Crippen molar-refractivity contribution in [3.8, 4) is 11.4 Å². The largest absolute Gasteiger partial charge is 0.489 e. The van der Waals surface area contributed by atoms with Crippen LogP contribution in [-0.4, -0.2) is 17.7 Å². The van der Waals surface area contributed by atoms with Gasteiger partial charge >= 0.3 is 0 Å². The average molecular weight is 370 g/mol. The summed E-state index contributed by atoms with van der Waals surface area (Å²) in [7, 11) is 0. The van der Waals surface area contributed by atoms with Gasteiger partial charge in [0.1, 0.15) is 12.4 Å². The van der Waals surface area contributed by atoms with Gasteiger partial charge in [-0.05, 0) is 65.4 Å². The highest BCUT2D eigenvalue weighted by Gasteiger charge is 2.23. The summed E-state index contributed by atoms with van der Waals surface area (Å²) in [6.07, 6.45) is 3.89. The molecular weight excluding hydrogens is 348 g/mol. The zero-order valence-electron chi connectivity index (χ0n) is 15.7. The van der Waals surface area contributed by atoms with E-state index in [4.69, 9.17) is 4.74 Å². The van der Waals surface area contributed by atoms with E-state index >= 15 is 0 Å². The summed E-state index contributed by atoms with van der Waals surface area (Å²) in [5.74, 6) is 0.592. The molecule has 28 heavy (non-hydrogen) atoms. The molecule has 0 saturated heterocycles. The third-order valence-corrected chi connectivity index (χ3v) is 5.56. The lowest BCUT2D eigenvalue weighted by molar-refractivity contribution is 0.305. The van der Waals surface area contributed by atoms with Crippen LogP contribution in [-0.2, 0) is 13.0 Å². The van der Waals surface area contributed by atoms with Crippen molar-refractivity contribution in [1.82, 2.24) is 9.88 Å². The molecule has 4 heteroatoms. The topological polar surface area (TPSA) is 43.3 Å². The molecule has 2 heterocycles. The summed E-state index contributed by atoms with van der Waals surface area (Å²) in [6.45, 7) is 2.46. The Morgan fingerprint density at radius 2 is 1.93 bits per heavy atom. The first kappa shape index (κ1) is 17.0. The summed E-state index contributed by atoms with van der Waals surface area (Å²) in [4.78, 5) is 12.7. The average Bonchev–Trinajstić information content (AvgIpc) is 3.11. The number of rotatable bonds is 4. The Labute approximate surface area is 164 Å². The van der Waals surface area contributed by atoms with Gasteiger partial charge in [0.15, 0.2) is 0 Å². The van der Waals surface area contributed by atoms with Crippen LogP contribution in [0.2, 0.25) is 0 Å². The fourth-order valence-corrected chi connectivity index (χ4v) is 4.11. The molecule has 2 aliphatic rings. The van der Waals surface area contributed by atoms with E-state index < -0.39 is 0 Å². The van der Waals surface area contributed by atoms with Crippen LogP contribution in [0, 0.1) is 0 Å². The van der Waals surface area contributed by atoms with Gasteiger partial charge in [-0.1, -0.05) is 36.4 Å². The first-order valence-corrected chi connectivity index (χ1v) is 9.73. The van der Waals surface area contributed by atoms with Crippen LogP contribution in [0.3, 0.4) is 0 Å². The van der Waals surface area contributed by atoms with Crippen molar-refractivity contribution < 1.29 is 4.74 Å². The maximum atomic E-state index is 12.7. The molecule has 0 unspecified atom stereocenters. The molecule has 0 amide bonds. The third-order valence-electron chi connectivity index (χ3n) is 5.56. The second-order valence-electron chi connectivity index (χ2n) is 7.37. The van der Waals surface area contributed by atoms with Crippen LogP contribution in [0.4, 0.5) is 0 Å². The van der Waals surface area contributed by atoms with E-state index in [9.17, 15) is 4.79 Å². The van der Waals surface area contributed by atoms with Gasteiger partial charge in [-0.3, -0.25) is 9.36 Å². The van der Waals surface area contributed by atoms with Crippen LogP contribution in [0.15, 0.2) is 77.2 Å². The maximum Gasteiger partial charge on any atom is 0.258 e. The summed E-state index contributed by atoms with van der Waals surface area (Å²) >= 11 is 0. The number of nitrogens with one attached hydrogen (secondary N) is 1. The minimum atomic E-state index is -0.0805. The van der Waals surface area contributed by atoms with Crippen LogP contribution in [0.25, 0.3) is 11.3 Å². The molecule has 3 aromatic rings. The van der Waals surface area contributed by atoms with E-state index in [1.807, 2.05) is 42.5 Å². The molecule has 1 aliphatic carbocycles. The molecule has 140 valence electrons. The van der Waals surface area contributed by atoms with Crippen LogP contribution < -0.4 is 15.6 Å². The van der Waals surface area contributed by atoms with Crippen molar-refractivity contribution in [2.24, 2.45) is 0 Å². The molecule has 1 N–H and O–H groups in total. The van der Waals surface area contributed by atoms with Gasteiger partial charge in [0.05, 0.1) is 0 Å². The number of benzene rings is 2. The number of fused-ring (bicyclic) bond motifs is 2. The van der Waals surface area contributed by atoms with Gasteiger partial charge in [-0.25, -0.2) is 0 Å². The van der Waals surface area contributed by atoms with Crippen LogP contribution in [0.1, 0.15) is 23.1 Å². The lowest BCUT2D eigenvalue weighted by atomic mass is 10.00. The molecule has 1 aromatic heterocycles. The van der Waals surface area contributed by atoms with E-state index in [0.29, 0.717) is 12.4 Å². The Morgan fingerprint density at radius 3 is 2.79 bits per heavy atom. The Bertz CT molecular complexity index is 1110. The number of hydrogen-bond donors (Lipinski definition) is 1. The minimum Gasteiger partial charge on any atom is -0.489 e. The molecule has 0 fully saturated rings. The minimum absolute atomic E-state index is 0.0805. The zero-order chi connectivity index (χ0) is 18.9. The fourth-order valence-electron chi connectivity index (χ4n) is 4.11. The van der Waals surface area contributed by atoms with Crippen molar-refractivity contribution in [1.29, 1.82) is 0 Å². The Hall–Kier alpha value is -3.11. The van der Waals surface area contributed by atoms with Crippen molar-refractivity contribution in [3.63, 3.8) is 0 Å². The quantitative estimate of drug-likeness (QED) is 0.761. The number of aromatic nitrogens is 1. The SMILES string of the molecule is O=c1cc(OCc2ccccc2)ccn1-c1ccc2c(c1)C1=C(CNCC1)C2. The summed E-state index contributed by atoms with van der Waals surface area (Å²) < 4.78 is 7.47. The van der Waals surface area contributed by atoms with Crippen molar-refractivity contribution in [2.45, 2.75) is 19.4 Å². The highest BCUT2D eigenvalue weighted by molar-refractivity contribution is 5.78. The molecule has 1 aliphatic heterocycles. The second-order valence-corrected chi connectivity index (χ2v) is 7.37. The monoisotopic (exact) mass is 370 g/mol. The number of ether oxygens (including phenoxy) is 1. The second kappa shape index (κ2) is 7.13. The van der Waals surface area contributed by atoms with E-state index in [-0.39, 0.29) is 5.56 Å².